The second kappa shape index (κ2) is 7.38. The van der Waals surface area contributed by atoms with Crippen molar-refractivity contribution in [3.8, 4) is 0 Å². The second-order valence-electron chi connectivity index (χ2n) is 5.34. The van der Waals surface area contributed by atoms with Gasteiger partial charge in [0.15, 0.2) is 0 Å². The highest BCUT2D eigenvalue weighted by Crippen LogP contribution is 2.11. The summed E-state index contributed by atoms with van der Waals surface area (Å²) in [6.07, 6.45) is 1.05. The van der Waals surface area contributed by atoms with Gasteiger partial charge >= 0.3 is 0 Å². The van der Waals surface area contributed by atoms with Gasteiger partial charge in [-0.25, -0.2) is 0 Å². The number of hydrogen-bond acceptors (Lipinski definition) is 4. The number of anilines is 1. The van der Waals surface area contributed by atoms with Crippen molar-refractivity contribution in [2.75, 3.05) is 51.6 Å². The van der Waals surface area contributed by atoms with Crippen LogP contribution in [-0.2, 0) is 11.2 Å². The van der Waals surface area contributed by atoms with E-state index in [2.05, 4.69) is 34.3 Å². The van der Waals surface area contributed by atoms with Gasteiger partial charge in [-0.05, 0) is 31.2 Å². The minimum atomic E-state index is -0.157. The van der Waals surface area contributed by atoms with E-state index in [0.717, 1.165) is 44.8 Å². The predicted octanol–water partition coefficient (Wildman–Crippen LogP) is 0.374. The van der Waals surface area contributed by atoms with E-state index >= 15 is 0 Å². The SMILES string of the molecule is CN1CCN(CCc2ccc(NC(=O)CN)cc2)CC1. The molecule has 0 spiro atoms. The van der Waals surface area contributed by atoms with Gasteiger partial charge in [0.2, 0.25) is 5.91 Å². The Balaban J connectivity index is 1.77. The van der Waals surface area contributed by atoms with Crippen LogP contribution in [0.25, 0.3) is 0 Å². The molecule has 1 aromatic rings. The molecular formula is C15H24N4O. The van der Waals surface area contributed by atoms with Gasteiger partial charge in [-0.3, -0.25) is 4.79 Å². The molecule has 1 heterocycles. The van der Waals surface area contributed by atoms with E-state index < -0.39 is 0 Å². The molecule has 1 fully saturated rings. The molecule has 5 nitrogen and oxygen atoms in total. The Morgan fingerprint density at radius 3 is 2.45 bits per heavy atom. The average Bonchev–Trinajstić information content (AvgIpc) is 2.48. The van der Waals surface area contributed by atoms with Crippen molar-refractivity contribution in [2.45, 2.75) is 6.42 Å². The highest BCUT2D eigenvalue weighted by molar-refractivity contribution is 5.92. The van der Waals surface area contributed by atoms with Gasteiger partial charge < -0.3 is 20.9 Å². The van der Waals surface area contributed by atoms with Crippen LogP contribution in [-0.4, -0.2) is 62.0 Å². The van der Waals surface area contributed by atoms with Gasteiger partial charge in [-0.2, -0.15) is 0 Å². The first kappa shape index (κ1) is 15.0. The number of nitrogens with one attached hydrogen (secondary N) is 1. The number of carbonyl (C=O) groups excluding carboxylic acids is 1. The number of hydrogen-bond donors (Lipinski definition) is 2. The van der Waals surface area contributed by atoms with Gasteiger partial charge in [0.05, 0.1) is 6.54 Å². The summed E-state index contributed by atoms with van der Waals surface area (Å²) in [7, 11) is 2.17. The molecular weight excluding hydrogens is 252 g/mol. The number of carbonyl (C=O) groups is 1. The van der Waals surface area contributed by atoms with Gasteiger partial charge in [0.25, 0.3) is 0 Å². The zero-order valence-electron chi connectivity index (χ0n) is 12.1. The van der Waals surface area contributed by atoms with Crippen LogP contribution in [0.15, 0.2) is 24.3 Å². The van der Waals surface area contributed by atoms with E-state index in [1.807, 2.05) is 12.1 Å². The average molecular weight is 276 g/mol. The van der Waals surface area contributed by atoms with Crippen molar-refractivity contribution in [1.29, 1.82) is 0 Å². The summed E-state index contributed by atoms with van der Waals surface area (Å²) >= 11 is 0. The van der Waals surface area contributed by atoms with E-state index in [9.17, 15) is 4.79 Å². The molecule has 0 saturated carbocycles. The Labute approximate surface area is 120 Å². The summed E-state index contributed by atoms with van der Waals surface area (Å²) < 4.78 is 0. The molecule has 110 valence electrons. The van der Waals surface area contributed by atoms with Gasteiger partial charge in [-0.15, -0.1) is 0 Å². The maximum atomic E-state index is 11.2. The highest BCUT2D eigenvalue weighted by Gasteiger charge is 2.13. The summed E-state index contributed by atoms with van der Waals surface area (Å²) in [5.74, 6) is -0.157. The first-order valence-electron chi connectivity index (χ1n) is 7.17. The van der Waals surface area contributed by atoms with E-state index in [1.165, 1.54) is 5.56 Å². The third-order valence-electron chi connectivity index (χ3n) is 3.74. The van der Waals surface area contributed by atoms with Crippen molar-refractivity contribution < 1.29 is 4.79 Å². The molecule has 0 bridgehead atoms. The first-order valence-corrected chi connectivity index (χ1v) is 7.17. The minimum Gasteiger partial charge on any atom is -0.325 e. The van der Waals surface area contributed by atoms with Crippen molar-refractivity contribution in [2.24, 2.45) is 5.73 Å². The third kappa shape index (κ3) is 4.59. The number of nitrogens with two attached hydrogens (primary N) is 1. The van der Waals surface area contributed by atoms with Crippen molar-refractivity contribution in [3.63, 3.8) is 0 Å². The van der Waals surface area contributed by atoms with Crippen molar-refractivity contribution in [1.82, 2.24) is 9.80 Å². The maximum absolute atomic E-state index is 11.2. The topological polar surface area (TPSA) is 61.6 Å². The quantitative estimate of drug-likeness (QED) is 0.816. The molecule has 1 aliphatic heterocycles. The smallest absolute Gasteiger partial charge is 0.238 e. The molecule has 1 aromatic carbocycles. The minimum absolute atomic E-state index is 0.0190. The Bertz CT molecular complexity index is 424. The molecule has 2 rings (SSSR count). The fourth-order valence-electron chi connectivity index (χ4n) is 2.33. The highest BCUT2D eigenvalue weighted by atomic mass is 16.1. The van der Waals surface area contributed by atoms with Gasteiger partial charge in [0.1, 0.15) is 0 Å². The fraction of sp³-hybridized carbons (Fsp3) is 0.533. The molecule has 0 atom stereocenters. The van der Waals surface area contributed by atoms with Crippen molar-refractivity contribution in [3.05, 3.63) is 29.8 Å². The fourth-order valence-corrected chi connectivity index (χ4v) is 2.33. The summed E-state index contributed by atoms with van der Waals surface area (Å²) in [5, 5.41) is 2.75. The van der Waals surface area contributed by atoms with Gasteiger partial charge in [-0.1, -0.05) is 12.1 Å². The molecule has 1 saturated heterocycles. The van der Waals surface area contributed by atoms with Gasteiger partial charge in [0, 0.05) is 38.4 Å². The molecule has 20 heavy (non-hydrogen) atoms. The normalized spacial score (nSPS) is 17.1. The number of benzene rings is 1. The third-order valence-corrected chi connectivity index (χ3v) is 3.74. The lowest BCUT2D eigenvalue weighted by molar-refractivity contribution is -0.114. The zero-order chi connectivity index (χ0) is 14.4. The Kier molecular flexibility index (Phi) is 5.52. The standard InChI is InChI=1S/C15H24N4O/c1-18-8-10-19(11-9-18)7-6-13-2-4-14(5-3-13)17-15(20)12-16/h2-5H,6-12,16H2,1H3,(H,17,20). The molecule has 0 radical (unpaired) electrons. The monoisotopic (exact) mass is 276 g/mol. The lowest BCUT2D eigenvalue weighted by Crippen LogP contribution is -2.45. The zero-order valence-corrected chi connectivity index (χ0v) is 12.1. The molecule has 5 heteroatoms. The van der Waals surface area contributed by atoms with E-state index in [0.29, 0.717) is 0 Å². The van der Waals surface area contributed by atoms with E-state index in [-0.39, 0.29) is 12.5 Å². The van der Waals surface area contributed by atoms with Crippen LogP contribution in [0.1, 0.15) is 5.56 Å². The number of rotatable bonds is 5. The number of amides is 1. The Morgan fingerprint density at radius 2 is 1.85 bits per heavy atom. The van der Waals surface area contributed by atoms with E-state index in [4.69, 9.17) is 5.73 Å². The lowest BCUT2D eigenvalue weighted by atomic mass is 10.1. The van der Waals surface area contributed by atoms with E-state index in [1.54, 1.807) is 0 Å². The largest absolute Gasteiger partial charge is 0.325 e. The van der Waals surface area contributed by atoms with Crippen LogP contribution in [0, 0.1) is 0 Å². The molecule has 0 aliphatic carbocycles. The van der Waals surface area contributed by atoms with Crippen LogP contribution in [0.4, 0.5) is 5.69 Å². The first-order chi connectivity index (χ1) is 9.67. The molecule has 1 aliphatic rings. The Morgan fingerprint density at radius 1 is 1.20 bits per heavy atom. The van der Waals surface area contributed by atoms with Crippen LogP contribution < -0.4 is 11.1 Å². The van der Waals surface area contributed by atoms with Crippen LogP contribution in [0.3, 0.4) is 0 Å². The van der Waals surface area contributed by atoms with Crippen LogP contribution in [0.2, 0.25) is 0 Å². The number of nitrogens with zero attached hydrogens (tertiary/aromatic N) is 2. The maximum Gasteiger partial charge on any atom is 0.238 e. The molecule has 0 unspecified atom stereocenters. The second-order valence-corrected chi connectivity index (χ2v) is 5.34. The lowest BCUT2D eigenvalue weighted by Gasteiger charge is -2.32. The predicted molar refractivity (Wildman–Crippen MR) is 81.8 cm³/mol. The molecule has 0 aromatic heterocycles. The Hall–Kier alpha value is -1.43. The summed E-state index contributed by atoms with van der Waals surface area (Å²) in [5.41, 5.74) is 7.38. The summed E-state index contributed by atoms with van der Waals surface area (Å²) in [6.45, 7) is 5.74. The number of likely N-dealkylation sites (N-methyl/N-ethyl adjacent to an activating group) is 1. The summed E-state index contributed by atoms with van der Waals surface area (Å²) in [6, 6.07) is 8.02. The molecule has 1 amide bonds. The summed E-state index contributed by atoms with van der Waals surface area (Å²) in [4.78, 5) is 16.0. The van der Waals surface area contributed by atoms with Crippen LogP contribution in [0.5, 0.6) is 0 Å². The van der Waals surface area contributed by atoms with Crippen molar-refractivity contribution >= 4 is 11.6 Å². The molecule has 3 N–H and O–H groups in total. The number of piperazine rings is 1. The van der Waals surface area contributed by atoms with Crippen LogP contribution >= 0.6 is 0 Å².